The number of ether oxygens (including phenoxy) is 2. The minimum Gasteiger partial charge on any atom is -0.356 e. The molecule has 0 radical (unpaired) electrons. The molecule has 2 heterocycles. The molecule has 2 fully saturated rings. The summed E-state index contributed by atoms with van der Waals surface area (Å²) in [7, 11) is 5.32. The van der Waals surface area contributed by atoms with Crippen molar-refractivity contribution in [2.75, 3.05) is 20.8 Å². The molecule has 1 spiro atoms. The molecule has 0 bridgehead atoms. The molecular weight excluding hydrogens is 316 g/mol. The molecule has 1 saturated carbocycles. The molecule has 2 aliphatic rings. The third-order valence-corrected chi connectivity index (χ3v) is 5.82. The normalized spacial score (nSPS) is 23.2. The quantitative estimate of drug-likeness (QED) is 0.804. The van der Waals surface area contributed by atoms with Crippen molar-refractivity contribution in [1.29, 1.82) is 0 Å². The number of aryl methyl sites for hydroxylation is 1. The highest BCUT2D eigenvalue weighted by Crippen LogP contribution is 2.65. The van der Waals surface area contributed by atoms with Gasteiger partial charge in [0, 0.05) is 58.5 Å². The second kappa shape index (κ2) is 5.71. The lowest BCUT2D eigenvalue weighted by molar-refractivity contribution is -0.330. The lowest BCUT2D eigenvalue weighted by Gasteiger charge is -2.67. The molecule has 1 amide bonds. The van der Waals surface area contributed by atoms with Gasteiger partial charge in [0.2, 0.25) is 0 Å². The van der Waals surface area contributed by atoms with Crippen LogP contribution in [0.15, 0.2) is 48.8 Å². The molecule has 1 saturated heterocycles. The Balaban J connectivity index is 1.63. The number of likely N-dealkylation sites (tertiary alicyclic amines) is 1. The third-order valence-electron chi connectivity index (χ3n) is 5.82. The molecule has 2 aromatic rings. The van der Waals surface area contributed by atoms with Crippen LogP contribution in [0, 0.1) is 5.41 Å². The number of carbonyl (C=O) groups is 1. The van der Waals surface area contributed by atoms with Crippen LogP contribution in [0.1, 0.15) is 34.8 Å². The zero-order valence-corrected chi connectivity index (χ0v) is 14.9. The zero-order valence-electron chi connectivity index (χ0n) is 14.9. The largest absolute Gasteiger partial charge is 0.356 e. The summed E-state index contributed by atoms with van der Waals surface area (Å²) in [6, 6.07) is 12.2. The van der Waals surface area contributed by atoms with E-state index in [0.29, 0.717) is 0 Å². The first-order valence-electron chi connectivity index (χ1n) is 8.61. The molecular formula is C20H24N2O3. The maximum absolute atomic E-state index is 13.0. The van der Waals surface area contributed by atoms with Crippen molar-refractivity contribution in [2.24, 2.45) is 12.5 Å². The van der Waals surface area contributed by atoms with E-state index in [2.05, 4.69) is 12.1 Å². The fourth-order valence-electron chi connectivity index (χ4n) is 4.59. The van der Waals surface area contributed by atoms with Gasteiger partial charge in [-0.15, -0.1) is 0 Å². The lowest BCUT2D eigenvalue weighted by Crippen LogP contribution is -2.71. The molecule has 5 nitrogen and oxygen atoms in total. The second-order valence-electron chi connectivity index (χ2n) is 7.35. The molecule has 5 heteroatoms. The minimum atomic E-state index is -0.505. The molecule has 0 N–H and O–H groups in total. The first-order valence-corrected chi connectivity index (χ1v) is 8.61. The molecule has 1 aromatic heterocycles. The van der Waals surface area contributed by atoms with Gasteiger partial charge < -0.3 is 18.9 Å². The standard InChI is InChI=1S/C20H24N2O3/c1-21-10-9-16(11-21)18(23)22-14-19(12-20(13-19,24-2)25-3)17(22)15-7-5-4-6-8-15/h4-11,17H,12-14H2,1-3H3. The number of hydrogen-bond donors (Lipinski definition) is 0. The topological polar surface area (TPSA) is 43.7 Å². The molecule has 25 heavy (non-hydrogen) atoms. The van der Waals surface area contributed by atoms with Crippen molar-refractivity contribution < 1.29 is 14.3 Å². The third kappa shape index (κ3) is 2.41. The van der Waals surface area contributed by atoms with E-state index in [9.17, 15) is 4.79 Å². The van der Waals surface area contributed by atoms with Crippen LogP contribution < -0.4 is 0 Å². The fraction of sp³-hybridized carbons (Fsp3) is 0.450. The Hall–Kier alpha value is -2.11. The number of methoxy groups -OCH3 is 2. The number of rotatable bonds is 4. The van der Waals surface area contributed by atoms with E-state index in [1.807, 2.05) is 53.2 Å². The van der Waals surface area contributed by atoms with Crippen LogP contribution >= 0.6 is 0 Å². The van der Waals surface area contributed by atoms with E-state index in [-0.39, 0.29) is 17.4 Å². The number of aromatic nitrogens is 1. The Morgan fingerprint density at radius 2 is 1.80 bits per heavy atom. The highest BCUT2D eigenvalue weighted by atomic mass is 16.7. The van der Waals surface area contributed by atoms with Crippen LogP contribution in [0.5, 0.6) is 0 Å². The number of benzene rings is 1. The lowest BCUT2D eigenvalue weighted by atomic mass is 9.53. The molecule has 1 unspecified atom stereocenters. The van der Waals surface area contributed by atoms with Gasteiger partial charge >= 0.3 is 0 Å². The molecule has 1 aliphatic heterocycles. The van der Waals surface area contributed by atoms with Crippen molar-refractivity contribution in [3.63, 3.8) is 0 Å². The summed E-state index contributed by atoms with van der Waals surface area (Å²) in [5.74, 6) is -0.415. The summed E-state index contributed by atoms with van der Waals surface area (Å²) < 4.78 is 13.1. The van der Waals surface area contributed by atoms with Crippen molar-refractivity contribution >= 4 is 5.91 Å². The summed E-state index contributed by atoms with van der Waals surface area (Å²) in [6.07, 6.45) is 5.41. The zero-order chi connectivity index (χ0) is 17.7. The van der Waals surface area contributed by atoms with Gasteiger partial charge in [0.25, 0.3) is 5.91 Å². The van der Waals surface area contributed by atoms with Crippen LogP contribution in [0.4, 0.5) is 0 Å². The average Bonchev–Trinajstić information content (AvgIpc) is 3.01. The monoisotopic (exact) mass is 340 g/mol. The Kier molecular flexibility index (Phi) is 3.74. The summed E-state index contributed by atoms with van der Waals surface area (Å²) in [5.41, 5.74) is 1.96. The van der Waals surface area contributed by atoms with Crippen LogP contribution in [-0.2, 0) is 16.5 Å². The van der Waals surface area contributed by atoms with E-state index >= 15 is 0 Å². The van der Waals surface area contributed by atoms with Gasteiger partial charge in [-0.2, -0.15) is 0 Å². The SMILES string of the molecule is COC1(OC)CC2(CN(C(=O)c3ccn(C)c3)C2c2ccccc2)C1. The average molecular weight is 340 g/mol. The highest BCUT2D eigenvalue weighted by molar-refractivity contribution is 5.95. The Morgan fingerprint density at radius 1 is 1.12 bits per heavy atom. The summed E-state index contributed by atoms with van der Waals surface area (Å²) in [5, 5.41) is 0. The Labute approximate surface area is 148 Å². The van der Waals surface area contributed by atoms with Gasteiger partial charge in [-0.1, -0.05) is 30.3 Å². The Morgan fingerprint density at radius 3 is 2.36 bits per heavy atom. The molecule has 132 valence electrons. The van der Waals surface area contributed by atoms with Gasteiger partial charge in [0.05, 0.1) is 11.6 Å². The maximum atomic E-state index is 13.0. The van der Waals surface area contributed by atoms with E-state index < -0.39 is 5.79 Å². The van der Waals surface area contributed by atoms with Crippen molar-refractivity contribution in [1.82, 2.24) is 9.47 Å². The number of carbonyl (C=O) groups excluding carboxylic acids is 1. The van der Waals surface area contributed by atoms with Gasteiger partial charge in [0.1, 0.15) is 0 Å². The second-order valence-corrected chi connectivity index (χ2v) is 7.35. The van der Waals surface area contributed by atoms with E-state index in [0.717, 1.165) is 24.9 Å². The van der Waals surface area contributed by atoms with Gasteiger partial charge in [-0.25, -0.2) is 0 Å². The summed E-state index contributed by atoms with van der Waals surface area (Å²) in [6.45, 7) is 0.745. The minimum absolute atomic E-state index is 0.0395. The predicted octanol–water partition coefficient (Wildman–Crippen LogP) is 2.99. The van der Waals surface area contributed by atoms with Gasteiger partial charge in [0.15, 0.2) is 5.79 Å². The van der Waals surface area contributed by atoms with Crippen LogP contribution in [0.2, 0.25) is 0 Å². The van der Waals surface area contributed by atoms with E-state index in [1.165, 1.54) is 5.56 Å². The summed E-state index contributed by atoms with van der Waals surface area (Å²) in [4.78, 5) is 15.0. The van der Waals surface area contributed by atoms with Crippen LogP contribution in [0.3, 0.4) is 0 Å². The van der Waals surface area contributed by atoms with E-state index in [4.69, 9.17) is 9.47 Å². The fourth-order valence-corrected chi connectivity index (χ4v) is 4.59. The number of hydrogen-bond acceptors (Lipinski definition) is 3. The van der Waals surface area contributed by atoms with E-state index in [1.54, 1.807) is 14.2 Å². The first-order chi connectivity index (χ1) is 12.0. The van der Waals surface area contributed by atoms with Crippen molar-refractivity contribution in [2.45, 2.75) is 24.7 Å². The van der Waals surface area contributed by atoms with Crippen molar-refractivity contribution in [3.05, 3.63) is 59.9 Å². The van der Waals surface area contributed by atoms with Crippen LogP contribution in [-0.4, -0.2) is 41.9 Å². The van der Waals surface area contributed by atoms with Crippen molar-refractivity contribution in [3.8, 4) is 0 Å². The Bertz CT molecular complexity index is 771. The van der Waals surface area contributed by atoms with Gasteiger partial charge in [-0.3, -0.25) is 4.79 Å². The number of nitrogens with zero attached hydrogens (tertiary/aromatic N) is 2. The molecule has 4 rings (SSSR count). The molecule has 1 atom stereocenters. The molecule has 1 aliphatic carbocycles. The highest BCUT2D eigenvalue weighted by Gasteiger charge is 2.67. The van der Waals surface area contributed by atoms with Crippen LogP contribution in [0.25, 0.3) is 0 Å². The number of amides is 1. The predicted molar refractivity (Wildman–Crippen MR) is 94.0 cm³/mol. The first kappa shape index (κ1) is 16.4. The smallest absolute Gasteiger partial charge is 0.255 e. The molecule has 1 aromatic carbocycles. The maximum Gasteiger partial charge on any atom is 0.255 e. The summed E-state index contributed by atoms with van der Waals surface area (Å²) >= 11 is 0. The van der Waals surface area contributed by atoms with Gasteiger partial charge in [-0.05, 0) is 11.6 Å².